The minimum absolute atomic E-state index is 0.490. The number of allylic oxidation sites excluding steroid dienone is 4. The molecule has 0 saturated heterocycles. The lowest BCUT2D eigenvalue weighted by Gasteiger charge is -2.13. The van der Waals surface area contributed by atoms with E-state index in [0.29, 0.717) is 5.76 Å². The summed E-state index contributed by atoms with van der Waals surface area (Å²) in [4.78, 5) is 0. The van der Waals surface area contributed by atoms with E-state index < -0.39 is 0 Å². The van der Waals surface area contributed by atoms with Crippen molar-refractivity contribution in [3.05, 3.63) is 57.8 Å². The second-order valence-corrected chi connectivity index (χ2v) is 4.69. The lowest BCUT2D eigenvalue weighted by Crippen LogP contribution is -1.98. The Bertz CT molecular complexity index is 404. The van der Waals surface area contributed by atoms with Gasteiger partial charge in [-0.05, 0) is 34.5 Å². The smallest absolute Gasteiger partial charge is 0.0929 e. The first-order valence-electron chi connectivity index (χ1n) is 5.06. The Labute approximate surface area is 98.3 Å². The maximum Gasteiger partial charge on any atom is 0.0929 e. The third kappa shape index (κ3) is 2.72. The minimum Gasteiger partial charge on any atom is -0.512 e. The molecule has 0 spiro atoms. The monoisotopic (exact) mass is 264 g/mol. The van der Waals surface area contributed by atoms with E-state index in [9.17, 15) is 5.11 Å². The Hall–Kier alpha value is -1.02. The zero-order chi connectivity index (χ0) is 10.7. The highest BCUT2D eigenvalue weighted by Gasteiger charge is 2.10. The van der Waals surface area contributed by atoms with Crippen molar-refractivity contribution in [2.24, 2.45) is 0 Å². The van der Waals surface area contributed by atoms with Crippen molar-refractivity contribution in [1.29, 1.82) is 0 Å². The molecule has 0 unspecified atom stereocenters. The first kappa shape index (κ1) is 10.5. The van der Waals surface area contributed by atoms with E-state index in [-0.39, 0.29) is 0 Å². The van der Waals surface area contributed by atoms with Crippen molar-refractivity contribution in [2.45, 2.75) is 19.3 Å². The van der Waals surface area contributed by atoms with Gasteiger partial charge in [0.15, 0.2) is 0 Å². The van der Waals surface area contributed by atoms with Gasteiger partial charge in [0.05, 0.1) is 5.76 Å². The summed E-state index contributed by atoms with van der Waals surface area (Å²) in [5, 5.41) is 9.48. The molecule has 1 aliphatic carbocycles. The molecule has 2 rings (SSSR count). The highest BCUT2D eigenvalue weighted by molar-refractivity contribution is 9.11. The standard InChI is InChI=1S/C13H13BrO/c14-13-7-6-12(15)9-11(13)8-10-4-2-1-3-5-10/h1-5,9,15H,6-8H2. The van der Waals surface area contributed by atoms with Gasteiger partial charge in [0.1, 0.15) is 0 Å². The van der Waals surface area contributed by atoms with Gasteiger partial charge in [-0.2, -0.15) is 0 Å². The van der Waals surface area contributed by atoms with Crippen LogP contribution in [0.3, 0.4) is 0 Å². The molecular formula is C13H13BrO. The first-order chi connectivity index (χ1) is 7.25. The van der Waals surface area contributed by atoms with Gasteiger partial charge in [0.25, 0.3) is 0 Å². The van der Waals surface area contributed by atoms with Crippen LogP contribution in [0, 0.1) is 0 Å². The summed E-state index contributed by atoms with van der Waals surface area (Å²) in [5.41, 5.74) is 2.46. The van der Waals surface area contributed by atoms with Crippen molar-refractivity contribution in [3.63, 3.8) is 0 Å². The SMILES string of the molecule is OC1=CC(Cc2ccccc2)=C(Br)CC1. The normalized spacial score (nSPS) is 16.5. The molecule has 2 heteroatoms. The highest BCUT2D eigenvalue weighted by Crippen LogP contribution is 2.29. The van der Waals surface area contributed by atoms with E-state index in [1.807, 2.05) is 24.3 Å². The molecule has 15 heavy (non-hydrogen) atoms. The van der Waals surface area contributed by atoms with E-state index in [2.05, 4.69) is 28.1 Å². The van der Waals surface area contributed by atoms with E-state index in [1.165, 1.54) is 15.6 Å². The van der Waals surface area contributed by atoms with Gasteiger partial charge in [0.2, 0.25) is 0 Å². The lowest BCUT2D eigenvalue weighted by atomic mass is 9.99. The molecular weight excluding hydrogens is 252 g/mol. The van der Waals surface area contributed by atoms with Crippen molar-refractivity contribution < 1.29 is 5.11 Å². The van der Waals surface area contributed by atoms with Gasteiger partial charge >= 0.3 is 0 Å². The van der Waals surface area contributed by atoms with Crippen LogP contribution in [-0.2, 0) is 6.42 Å². The van der Waals surface area contributed by atoms with Crippen molar-refractivity contribution >= 4 is 15.9 Å². The Balaban J connectivity index is 2.19. The molecule has 0 aromatic heterocycles. The number of benzene rings is 1. The van der Waals surface area contributed by atoms with Gasteiger partial charge in [-0.3, -0.25) is 0 Å². The Morgan fingerprint density at radius 3 is 2.60 bits per heavy atom. The molecule has 1 N–H and O–H groups in total. The molecule has 0 bridgehead atoms. The first-order valence-corrected chi connectivity index (χ1v) is 5.86. The summed E-state index contributed by atoms with van der Waals surface area (Å²) in [6, 6.07) is 10.3. The topological polar surface area (TPSA) is 20.2 Å². The maximum atomic E-state index is 9.48. The fourth-order valence-electron chi connectivity index (χ4n) is 1.71. The zero-order valence-corrected chi connectivity index (χ0v) is 10.00. The average molecular weight is 265 g/mol. The van der Waals surface area contributed by atoms with Crippen LogP contribution in [-0.4, -0.2) is 5.11 Å². The molecule has 0 atom stereocenters. The van der Waals surface area contributed by atoms with Crippen LogP contribution in [0.2, 0.25) is 0 Å². The van der Waals surface area contributed by atoms with Crippen molar-refractivity contribution in [1.82, 2.24) is 0 Å². The van der Waals surface area contributed by atoms with Crippen LogP contribution in [0.4, 0.5) is 0 Å². The highest BCUT2D eigenvalue weighted by atomic mass is 79.9. The van der Waals surface area contributed by atoms with Crippen LogP contribution < -0.4 is 0 Å². The molecule has 0 saturated carbocycles. The molecule has 0 aliphatic heterocycles. The van der Waals surface area contributed by atoms with Crippen LogP contribution in [0.5, 0.6) is 0 Å². The fraction of sp³-hybridized carbons (Fsp3) is 0.231. The van der Waals surface area contributed by atoms with Gasteiger partial charge < -0.3 is 5.11 Å². The van der Waals surface area contributed by atoms with Crippen molar-refractivity contribution in [2.75, 3.05) is 0 Å². The predicted molar refractivity (Wildman–Crippen MR) is 66.0 cm³/mol. The summed E-state index contributed by atoms with van der Waals surface area (Å²) in [6.45, 7) is 0. The summed E-state index contributed by atoms with van der Waals surface area (Å²) >= 11 is 3.56. The van der Waals surface area contributed by atoms with Crippen LogP contribution in [0.25, 0.3) is 0 Å². The molecule has 0 amide bonds. The largest absolute Gasteiger partial charge is 0.512 e. The number of halogens is 1. The zero-order valence-electron chi connectivity index (χ0n) is 8.41. The molecule has 0 heterocycles. The van der Waals surface area contributed by atoms with Gasteiger partial charge in [-0.15, -0.1) is 0 Å². The molecule has 1 aliphatic rings. The fourth-order valence-corrected chi connectivity index (χ4v) is 2.17. The third-order valence-corrected chi connectivity index (χ3v) is 3.43. The second-order valence-electron chi connectivity index (χ2n) is 3.73. The minimum atomic E-state index is 0.490. The van der Waals surface area contributed by atoms with Gasteiger partial charge in [-0.25, -0.2) is 0 Å². The summed E-state index contributed by atoms with van der Waals surface area (Å²) < 4.78 is 1.21. The summed E-state index contributed by atoms with van der Waals surface area (Å²) in [5.74, 6) is 0.490. The number of aliphatic hydroxyl groups is 1. The number of aliphatic hydroxyl groups excluding tert-OH is 1. The van der Waals surface area contributed by atoms with E-state index in [4.69, 9.17) is 0 Å². The number of rotatable bonds is 2. The Kier molecular flexibility index (Phi) is 3.27. The third-order valence-electron chi connectivity index (χ3n) is 2.53. The van der Waals surface area contributed by atoms with E-state index >= 15 is 0 Å². The molecule has 0 radical (unpaired) electrons. The molecule has 1 aromatic rings. The van der Waals surface area contributed by atoms with Crippen LogP contribution in [0.1, 0.15) is 18.4 Å². The predicted octanol–water partition coefficient (Wildman–Crippen LogP) is 4.11. The molecule has 78 valence electrons. The number of hydrogen-bond donors (Lipinski definition) is 1. The van der Waals surface area contributed by atoms with Crippen LogP contribution >= 0.6 is 15.9 Å². The van der Waals surface area contributed by atoms with Crippen molar-refractivity contribution in [3.8, 4) is 0 Å². The summed E-state index contributed by atoms with van der Waals surface area (Å²) in [7, 11) is 0. The molecule has 1 aromatic carbocycles. The Morgan fingerprint density at radius 2 is 1.87 bits per heavy atom. The average Bonchev–Trinajstić information content (AvgIpc) is 2.25. The lowest BCUT2D eigenvalue weighted by molar-refractivity contribution is 0.386. The summed E-state index contributed by atoms with van der Waals surface area (Å²) in [6.07, 6.45) is 4.41. The van der Waals surface area contributed by atoms with Gasteiger partial charge in [-0.1, -0.05) is 46.3 Å². The quantitative estimate of drug-likeness (QED) is 0.853. The molecule has 1 nitrogen and oxygen atoms in total. The van der Waals surface area contributed by atoms with E-state index in [1.54, 1.807) is 0 Å². The second kappa shape index (κ2) is 4.67. The maximum absolute atomic E-state index is 9.48. The van der Waals surface area contributed by atoms with Gasteiger partial charge in [0, 0.05) is 6.42 Å². The van der Waals surface area contributed by atoms with E-state index in [0.717, 1.165) is 19.3 Å². The molecule has 0 fully saturated rings. The number of hydrogen-bond acceptors (Lipinski definition) is 1. The Morgan fingerprint density at radius 1 is 1.13 bits per heavy atom. The van der Waals surface area contributed by atoms with Crippen LogP contribution in [0.15, 0.2) is 52.2 Å².